The van der Waals surface area contributed by atoms with Gasteiger partial charge in [0.15, 0.2) is 6.29 Å². The van der Waals surface area contributed by atoms with Crippen LogP contribution in [0, 0.1) is 0 Å². The Morgan fingerprint density at radius 2 is 2.06 bits per heavy atom. The van der Waals surface area contributed by atoms with Crippen LogP contribution < -0.4 is 5.73 Å². The molecule has 7 nitrogen and oxygen atoms in total. The maximum atomic E-state index is 5.48. The van der Waals surface area contributed by atoms with E-state index in [1.165, 1.54) is 0 Å². The van der Waals surface area contributed by atoms with Crippen molar-refractivity contribution in [3.8, 4) is 0 Å². The fourth-order valence-corrected chi connectivity index (χ4v) is 2.26. The lowest BCUT2D eigenvalue weighted by atomic mass is 10.5. The summed E-state index contributed by atoms with van der Waals surface area (Å²) in [6, 6.07) is 0. The Hall–Kier alpha value is -0.700. The van der Waals surface area contributed by atoms with Crippen LogP contribution in [-0.2, 0) is 16.0 Å². The monoisotopic (exact) mass is 275 g/mol. The third kappa shape index (κ3) is 5.30. The van der Waals surface area contributed by atoms with Crippen LogP contribution in [0.5, 0.6) is 0 Å². The molecule has 0 radical (unpaired) electrons. The molecule has 0 spiro atoms. The van der Waals surface area contributed by atoms with Gasteiger partial charge in [-0.05, 0) is 24.3 Å². The maximum absolute atomic E-state index is 5.48. The van der Waals surface area contributed by atoms with Crippen LogP contribution in [0.25, 0.3) is 0 Å². The number of hydrogen-bond acceptors (Lipinski definition) is 7. The summed E-state index contributed by atoms with van der Waals surface area (Å²) in [4.78, 5) is 0. The van der Waals surface area contributed by atoms with Crippen molar-refractivity contribution in [3.63, 3.8) is 0 Å². The molecule has 0 aliphatic rings. The number of hydrogen-bond donors (Lipinski definition) is 1. The second-order valence-corrected chi connectivity index (χ2v) is 4.51. The summed E-state index contributed by atoms with van der Waals surface area (Å²) in [5.74, 6) is 0.843. The summed E-state index contributed by atoms with van der Waals surface area (Å²) < 4.78 is 12.6. The summed E-state index contributed by atoms with van der Waals surface area (Å²) in [6.45, 7) is 6.39. The highest BCUT2D eigenvalue weighted by atomic mass is 32.2. The van der Waals surface area contributed by atoms with Crippen LogP contribution in [-0.4, -0.2) is 52.0 Å². The number of nitrogens with two attached hydrogens (primary N) is 1. The van der Waals surface area contributed by atoms with E-state index in [0.29, 0.717) is 26.3 Å². The molecule has 1 heterocycles. The van der Waals surface area contributed by atoms with E-state index in [-0.39, 0.29) is 6.29 Å². The van der Waals surface area contributed by atoms with E-state index in [9.17, 15) is 0 Å². The van der Waals surface area contributed by atoms with Gasteiger partial charge in [-0.15, -0.1) is 5.10 Å². The second kappa shape index (κ2) is 9.26. The molecule has 0 aromatic carbocycles. The first kappa shape index (κ1) is 15.4. The molecular formula is C10H21N5O2S. The summed E-state index contributed by atoms with van der Waals surface area (Å²) in [5.41, 5.74) is 5.48. The van der Waals surface area contributed by atoms with Crippen LogP contribution in [0.15, 0.2) is 5.16 Å². The molecule has 104 valence electrons. The molecule has 18 heavy (non-hydrogen) atoms. The van der Waals surface area contributed by atoms with Gasteiger partial charge in [-0.1, -0.05) is 11.8 Å². The average Bonchev–Trinajstić information content (AvgIpc) is 2.78. The van der Waals surface area contributed by atoms with Gasteiger partial charge in [0, 0.05) is 31.9 Å². The minimum Gasteiger partial charge on any atom is -0.353 e. The number of aromatic nitrogens is 4. The van der Waals surface area contributed by atoms with Crippen LogP contribution in [0.3, 0.4) is 0 Å². The third-order valence-electron chi connectivity index (χ3n) is 2.13. The fourth-order valence-electron chi connectivity index (χ4n) is 1.40. The van der Waals surface area contributed by atoms with Gasteiger partial charge >= 0.3 is 0 Å². The topological polar surface area (TPSA) is 88.1 Å². The molecule has 0 aliphatic carbocycles. The average molecular weight is 275 g/mol. The largest absolute Gasteiger partial charge is 0.353 e. The molecule has 0 amide bonds. The molecule has 0 atom stereocenters. The van der Waals surface area contributed by atoms with Crippen LogP contribution in [0.4, 0.5) is 0 Å². The van der Waals surface area contributed by atoms with E-state index in [1.54, 1.807) is 16.4 Å². The van der Waals surface area contributed by atoms with Gasteiger partial charge in [0.05, 0.1) is 6.54 Å². The minimum absolute atomic E-state index is 0.147. The molecule has 0 bridgehead atoms. The predicted molar refractivity (Wildman–Crippen MR) is 69.3 cm³/mol. The van der Waals surface area contributed by atoms with Crippen molar-refractivity contribution in [2.24, 2.45) is 5.73 Å². The van der Waals surface area contributed by atoms with Gasteiger partial charge in [-0.2, -0.15) is 0 Å². The Bertz CT molecular complexity index is 317. The van der Waals surface area contributed by atoms with Crippen molar-refractivity contribution in [1.82, 2.24) is 20.2 Å². The molecular weight excluding hydrogens is 254 g/mol. The minimum atomic E-state index is -0.147. The van der Waals surface area contributed by atoms with Crippen molar-refractivity contribution in [2.45, 2.75) is 38.3 Å². The molecule has 0 saturated carbocycles. The van der Waals surface area contributed by atoms with Crippen LogP contribution in [0.2, 0.25) is 0 Å². The Morgan fingerprint density at radius 3 is 2.67 bits per heavy atom. The second-order valence-electron chi connectivity index (χ2n) is 3.45. The van der Waals surface area contributed by atoms with Gasteiger partial charge in [-0.3, -0.25) is 0 Å². The Morgan fingerprint density at radius 1 is 1.33 bits per heavy atom. The van der Waals surface area contributed by atoms with Gasteiger partial charge < -0.3 is 15.2 Å². The van der Waals surface area contributed by atoms with E-state index < -0.39 is 0 Å². The van der Waals surface area contributed by atoms with E-state index in [4.69, 9.17) is 15.2 Å². The Balaban J connectivity index is 2.32. The van der Waals surface area contributed by atoms with Gasteiger partial charge in [-0.25, -0.2) is 4.68 Å². The van der Waals surface area contributed by atoms with Crippen molar-refractivity contribution in [2.75, 3.05) is 25.5 Å². The quantitative estimate of drug-likeness (QED) is 0.491. The molecule has 0 saturated heterocycles. The standard InChI is InChI=1S/C10H21N5O2S/c1-3-16-9(17-4-2)5-8-18-10-12-13-14-15(10)7-6-11/h9H,3-8,11H2,1-2H3. The molecule has 0 aliphatic heterocycles. The highest BCUT2D eigenvalue weighted by Crippen LogP contribution is 2.16. The smallest absolute Gasteiger partial charge is 0.209 e. The molecule has 2 N–H and O–H groups in total. The number of ether oxygens (including phenoxy) is 2. The fraction of sp³-hybridized carbons (Fsp3) is 0.900. The SMILES string of the molecule is CCOC(CCSc1nnnn1CCN)OCC. The van der Waals surface area contributed by atoms with Gasteiger partial charge in [0.1, 0.15) is 0 Å². The Kier molecular flexibility index (Phi) is 7.90. The van der Waals surface area contributed by atoms with Gasteiger partial charge in [0.2, 0.25) is 5.16 Å². The Labute approximate surface area is 111 Å². The van der Waals surface area contributed by atoms with Crippen molar-refractivity contribution >= 4 is 11.8 Å². The summed E-state index contributed by atoms with van der Waals surface area (Å²) in [7, 11) is 0. The summed E-state index contributed by atoms with van der Waals surface area (Å²) in [6.07, 6.45) is 0.660. The zero-order valence-corrected chi connectivity index (χ0v) is 11.7. The molecule has 8 heteroatoms. The molecule has 1 rings (SSSR count). The van der Waals surface area contributed by atoms with Gasteiger partial charge in [0.25, 0.3) is 0 Å². The maximum Gasteiger partial charge on any atom is 0.209 e. The molecule has 1 aromatic rings. The zero-order chi connectivity index (χ0) is 13.2. The van der Waals surface area contributed by atoms with E-state index >= 15 is 0 Å². The van der Waals surface area contributed by atoms with Crippen molar-refractivity contribution in [1.29, 1.82) is 0 Å². The summed E-state index contributed by atoms with van der Waals surface area (Å²) in [5, 5.41) is 12.2. The summed E-state index contributed by atoms with van der Waals surface area (Å²) >= 11 is 1.59. The first-order valence-electron chi connectivity index (χ1n) is 6.14. The normalized spacial score (nSPS) is 11.3. The van der Waals surface area contributed by atoms with E-state index in [0.717, 1.165) is 17.3 Å². The zero-order valence-electron chi connectivity index (χ0n) is 10.9. The number of tetrazole rings is 1. The van der Waals surface area contributed by atoms with E-state index in [2.05, 4.69) is 15.5 Å². The number of nitrogens with zero attached hydrogens (tertiary/aromatic N) is 4. The molecule has 0 unspecified atom stereocenters. The van der Waals surface area contributed by atoms with Crippen LogP contribution >= 0.6 is 11.8 Å². The lowest BCUT2D eigenvalue weighted by molar-refractivity contribution is -0.136. The highest BCUT2D eigenvalue weighted by molar-refractivity contribution is 7.99. The molecule has 0 fully saturated rings. The first-order valence-corrected chi connectivity index (χ1v) is 7.12. The molecule has 1 aromatic heterocycles. The lowest BCUT2D eigenvalue weighted by Crippen LogP contribution is -2.18. The predicted octanol–water partition coefficient (Wildman–Crippen LogP) is 0.513. The number of thioether (sulfide) groups is 1. The first-order chi connectivity index (χ1) is 8.81. The van der Waals surface area contributed by atoms with Crippen molar-refractivity contribution in [3.05, 3.63) is 0 Å². The lowest BCUT2D eigenvalue weighted by Gasteiger charge is -2.16. The third-order valence-corrected chi connectivity index (χ3v) is 3.12. The highest BCUT2D eigenvalue weighted by Gasteiger charge is 2.10. The van der Waals surface area contributed by atoms with E-state index in [1.807, 2.05) is 13.8 Å². The van der Waals surface area contributed by atoms with Crippen LogP contribution in [0.1, 0.15) is 20.3 Å². The number of rotatable bonds is 10. The van der Waals surface area contributed by atoms with Crippen molar-refractivity contribution < 1.29 is 9.47 Å².